The number of aromatic nitrogens is 4. The zero-order valence-corrected chi connectivity index (χ0v) is 30.9. The summed E-state index contributed by atoms with van der Waals surface area (Å²) >= 11 is 0. The Morgan fingerprint density at radius 3 is 2.00 bits per heavy atom. The van der Waals surface area contributed by atoms with Gasteiger partial charge in [-0.1, -0.05) is 84.9 Å². The molecule has 0 aliphatic carbocycles. The molecule has 7 rings (SSSR count). The monoisotopic (exact) mass is 767 g/mol. The molecule has 55 heavy (non-hydrogen) atoms. The number of hydrogen-bond donors (Lipinski definition) is 1. The molecule has 1 aliphatic rings. The highest BCUT2D eigenvalue weighted by molar-refractivity contribution is 7.86. The first-order chi connectivity index (χ1) is 26.6. The number of methoxy groups -OCH3 is 2. The molecular formula is C40H38FN5O8S. The number of anilines is 1. The average Bonchev–Trinajstić information content (AvgIpc) is 3.76. The summed E-state index contributed by atoms with van der Waals surface area (Å²) in [6, 6.07) is 33.3. The van der Waals surface area contributed by atoms with Crippen LogP contribution >= 0.6 is 0 Å². The van der Waals surface area contributed by atoms with Crippen molar-refractivity contribution in [2.24, 2.45) is 0 Å². The molecule has 1 aliphatic heterocycles. The predicted molar refractivity (Wildman–Crippen MR) is 201 cm³/mol. The van der Waals surface area contributed by atoms with Crippen molar-refractivity contribution in [1.82, 2.24) is 19.5 Å². The number of nitrogens with one attached hydrogen (secondary N) is 1. The van der Waals surface area contributed by atoms with Gasteiger partial charge in [0.25, 0.3) is 10.1 Å². The van der Waals surface area contributed by atoms with Crippen molar-refractivity contribution in [3.63, 3.8) is 0 Å². The largest absolute Gasteiger partial charge is 0.497 e. The molecule has 0 saturated carbocycles. The van der Waals surface area contributed by atoms with Gasteiger partial charge in [0, 0.05) is 0 Å². The SMILES string of the molecule is COc1ccc(C(OC[C@H]2O[C@@H](n3cnc4c(NC(=O)Cc5ccccc5)ncnc43)[C@@H](F)[C@@H]2OS(C)(=O)=O)(c2ccccc2)c2ccc(OC)cc2)cc1. The fourth-order valence-corrected chi connectivity index (χ4v) is 7.37. The summed E-state index contributed by atoms with van der Waals surface area (Å²) in [6.07, 6.45) is -2.89. The van der Waals surface area contributed by atoms with Gasteiger partial charge in [-0.3, -0.25) is 13.5 Å². The number of benzene rings is 4. The van der Waals surface area contributed by atoms with Crippen LogP contribution < -0.4 is 14.8 Å². The summed E-state index contributed by atoms with van der Waals surface area (Å²) in [7, 11) is -1.04. The van der Waals surface area contributed by atoms with Crippen molar-refractivity contribution in [2.75, 3.05) is 32.4 Å². The fourth-order valence-electron chi connectivity index (χ4n) is 6.74. The van der Waals surface area contributed by atoms with E-state index in [-0.39, 0.29) is 35.9 Å². The second-order valence-electron chi connectivity index (χ2n) is 12.8. The number of fused-ring (bicyclic) bond motifs is 1. The number of imidazole rings is 1. The van der Waals surface area contributed by atoms with Gasteiger partial charge in [0.2, 0.25) is 5.91 Å². The molecule has 2 aromatic heterocycles. The van der Waals surface area contributed by atoms with E-state index in [1.54, 1.807) is 38.5 Å². The lowest BCUT2D eigenvalue weighted by Crippen LogP contribution is -2.40. The number of carbonyl (C=O) groups excluding carboxylic acids is 1. The highest BCUT2D eigenvalue weighted by Crippen LogP contribution is 2.44. The van der Waals surface area contributed by atoms with Crippen molar-refractivity contribution in [2.45, 2.75) is 36.6 Å². The van der Waals surface area contributed by atoms with Crippen LogP contribution in [0.3, 0.4) is 0 Å². The summed E-state index contributed by atoms with van der Waals surface area (Å²) in [6.45, 7) is -0.327. The van der Waals surface area contributed by atoms with Crippen LogP contribution in [0.15, 0.2) is 122 Å². The lowest BCUT2D eigenvalue weighted by atomic mass is 9.80. The molecule has 284 valence electrons. The molecule has 1 amide bonds. The summed E-state index contributed by atoms with van der Waals surface area (Å²) in [5.74, 6) is 1.03. The van der Waals surface area contributed by atoms with Crippen LogP contribution in [-0.2, 0) is 40.6 Å². The second-order valence-corrected chi connectivity index (χ2v) is 14.4. The Kier molecular flexibility index (Phi) is 10.9. The summed E-state index contributed by atoms with van der Waals surface area (Å²) in [5, 5.41) is 2.75. The number of amides is 1. The highest BCUT2D eigenvalue weighted by atomic mass is 32.2. The van der Waals surface area contributed by atoms with Gasteiger partial charge in [-0.15, -0.1) is 0 Å². The second kappa shape index (κ2) is 15.9. The van der Waals surface area contributed by atoms with Crippen LogP contribution in [0, 0.1) is 0 Å². The summed E-state index contributed by atoms with van der Waals surface area (Å²) < 4.78 is 72.6. The Balaban J connectivity index is 1.24. The maximum absolute atomic E-state index is 16.7. The predicted octanol–water partition coefficient (Wildman–Crippen LogP) is 5.61. The summed E-state index contributed by atoms with van der Waals surface area (Å²) in [4.78, 5) is 25.8. The van der Waals surface area contributed by atoms with E-state index < -0.39 is 40.3 Å². The van der Waals surface area contributed by atoms with Crippen LogP contribution in [0.2, 0.25) is 0 Å². The molecule has 4 aromatic carbocycles. The molecule has 3 heterocycles. The van der Waals surface area contributed by atoms with Gasteiger partial charge in [-0.25, -0.2) is 19.3 Å². The van der Waals surface area contributed by atoms with Crippen molar-refractivity contribution in [3.05, 3.63) is 144 Å². The van der Waals surface area contributed by atoms with E-state index >= 15 is 4.39 Å². The summed E-state index contributed by atoms with van der Waals surface area (Å²) in [5.41, 5.74) is 1.96. The quantitative estimate of drug-likeness (QED) is 0.109. The molecule has 15 heteroatoms. The van der Waals surface area contributed by atoms with E-state index in [2.05, 4.69) is 20.3 Å². The fraction of sp³-hybridized carbons (Fsp3) is 0.250. The first kappa shape index (κ1) is 37.6. The molecule has 1 N–H and O–H groups in total. The zero-order valence-electron chi connectivity index (χ0n) is 30.1. The van der Waals surface area contributed by atoms with E-state index in [1.165, 1.54) is 17.2 Å². The van der Waals surface area contributed by atoms with Gasteiger partial charge in [-0.05, 0) is 46.5 Å². The van der Waals surface area contributed by atoms with Crippen LogP contribution in [0.5, 0.6) is 11.5 Å². The smallest absolute Gasteiger partial charge is 0.264 e. The molecule has 13 nitrogen and oxygen atoms in total. The third kappa shape index (κ3) is 7.91. The number of hydrogen-bond acceptors (Lipinski definition) is 11. The lowest BCUT2D eigenvalue weighted by molar-refractivity contribution is -0.115. The topological polar surface area (TPSA) is 153 Å². The molecule has 1 saturated heterocycles. The normalized spacial score (nSPS) is 18.6. The minimum Gasteiger partial charge on any atom is -0.497 e. The maximum Gasteiger partial charge on any atom is 0.264 e. The number of rotatable bonds is 14. The van der Waals surface area contributed by atoms with Gasteiger partial charge in [-0.2, -0.15) is 8.42 Å². The zero-order chi connectivity index (χ0) is 38.6. The third-order valence-electron chi connectivity index (χ3n) is 9.29. The van der Waals surface area contributed by atoms with Crippen molar-refractivity contribution >= 4 is 33.0 Å². The van der Waals surface area contributed by atoms with Gasteiger partial charge < -0.3 is 24.3 Å². The average molecular weight is 768 g/mol. The van der Waals surface area contributed by atoms with Crippen molar-refractivity contribution < 1.29 is 40.7 Å². The van der Waals surface area contributed by atoms with Crippen molar-refractivity contribution in [3.8, 4) is 11.5 Å². The van der Waals surface area contributed by atoms with Crippen LogP contribution in [0.25, 0.3) is 11.2 Å². The van der Waals surface area contributed by atoms with E-state index in [0.29, 0.717) is 22.6 Å². The van der Waals surface area contributed by atoms with Gasteiger partial charge in [0.1, 0.15) is 35.6 Å². The van der Waals surface area contributed by atoms with E-state index in [0.717, 1.165) is 17.4 Å². The standard InChI is InChI=1S/C40H38FN5O8S/c1-50-30-18-14-28(15-19-30)40(27-12-8-5-9-13-27,29-16-20-31(51-2)21-17-29)52-23-32-36(54-55(3,48)49)34(41)39(53-32)46-25-44-35-37(42-24-43-38(35)46)45-33(47)22-26-10-6-4-7-11-26/h4-21,24-25,32,34,36,39H,22-23H2,1-3H3,(H,42,43,45,47)/t32-,34+,36-,39-/m1/s1. The maximum atomic E-state index is 16.7. The first-order valence-corrected chi connectivity index (χ1v) is 19.1. The molecule has 0 bridgehead atoms. The van der Waals surface area contributed by atoms with Crippen molar-refractivity contribution in [1.29, 1.82) is 0 Å². The van der Waals surface area contributed by atoms with Crippen LogP contribution in [-0.4, -0.2) is 79.3 Å². The van der Waals surface area contributed by atoms with E-state index in [4.69, 9.17) is 23.1 Å². The van der Waals surface area contributed by atoms with Gasteiger partial charge >= 0.3 is 0 Å². The number of halogens is 1. The Bertz CT molecular complexity index is 2300. The lowest BCUT2D eigenvalue weighted by Gasteiger charge is -2.37. The first-order valence-electron chi connectivity index (χ1n) is 17.3. The molecule has 0 unspecified atom stereocenters. The number of ether oxygens (including phenoxy) is 4. The van der Waals surface area contributed by atoms with E-state index in [9.17, 15) is 13.2 Å². The number of carbonyl (C=O) groups is 1. The van der Waals surface area contributed by atoms with Gasteiger partial charge in [0.15, 0.2) is 29.4 Å². The molecule has 4 atom stereocenters. The number of alkyl halides is 1. The van der Waals surface area contributed by atoms with Crippen LogP contribution in [0.4, 0.5) is 10.2 Å². The molecule has 0 radical (unpaired) electrons. The van der Waals surface area contributed by atoms with Crippen LogP contribution in [0.1, 0.15) is 28.5 Å². The minimum absolute atomic E-state index is 0.0923. The molecule has 1 fully saturated rings. The van der Waals surface area contributed by atoms with E-state index in [1.807, 2.05) is 84.9 Å². The highest BCUT2D eigenvalue weighted by Gasteiger charge is 2.51. The Morgan fingerprint density at radius 1 is 0.836 bits per heavy atom. The third-order valence-corrected chi connectivity index (χ3v) is 9.86. The van der Waals surface area contributed by atoms with Gasteiger partial charge in [0.05, 0.1) is 39.8 Å². The molecule has 6 aromatic rings. The Morgan fingerprint density at radius 2 is 1.42 bits per heavy atom. The molecular weight excluding hydrogens is 730 g/mol. The minimum atomic E-state index is -4.18. The number of nitrogens with zero attached hydrogens (tertiary/aromatic N) is 4. The molecule has 0 spiro atoms. The Hall–Kier alpha value is -5.74. The Labute approximate surface area is 317 Å².